The van der Waals surface area contributed by atoms with Gasteiger partial charge in [-0.3, -0.25) is 37.4 Å². The molecule has 396 valence electrons. The van der Waals surface area contributed by atoms with Crippen molar-refractivity contribution in [1.82, 2.24) is 19.1 Å². The first kappa shape index (κ1) is 63.4. The van der Waals surface area contributed by atoms with Crippen LogP contribution in [0.2, 0.25) is 0 Å². The Hall–Kier alpha value is -2.63. The van der Waals surface area contributed by atoms with Gasteiger partial charge in [-0.25, -0.2) is 23.7 Å². The van der Waals surface area contributed by atoms with Crippen LogP contribution in [0.15, 0.2) is 38.9 Å². The van der Waals surface area contributed by atoms with Crippen molar-refractivity contribution < 1.29 is 95.5 Å². The lowest BCUT2D eigenvalue weighted by Crippen LogP contribution is -3.11. The van der Waals surface area contributed by atoms with E-state index >= 15 is 0 Å². The van der Waals surface area contributed by atoms with Gasteiger partial charge in [-0.05, 0) is 68.4 Å². The van der Waals surface area contributed by atoms with Crippen LogP contribution < -0.4 is 51.8 Å². The fourth-order valence-corrected chi connectivity index (χ4v) is 9.86. The van der Waals surface area contributed by atoms with E-state index in [0.717, 1.165) is 23.0 Å². The van der Waals surface area contributed by atoms with Crippen LogP contribution in [0.3, 0.4) is 0 Å². The molecule has 11 atom stereocenters. The topological polar surface area (TPSA) is 381 Å². The molecule has 4 heterocycles. The predicted octanol–water partition coefficient (Wildman–Crippen LogP) is -5.73. The highest BCUT2D eigenvalue weighted by molar-refractivity contribution is 7.65. The van der Waals surface area contributed by atoms with Crippen LogP contribution in [0.25, 0.3) is 0 Å². The highest BCUT2D eigenvalue weighted by Crippen LogP contribution is 2.63. The number of rotatable bonds is 23. The lowest BCUT2D eigenvalue weighted by atomic mass is 10.1. The maximum Gasteiger partial charge on any atom is 0.351 e. The van der Waals surface area contributed by atoms with E-state index in [0.29, 0.717) is 4.57 Å². The zero-order valence-corrected chi connectivity index (χ0v) is 42.9. The zero-order valence-electron chi connectivity index (χ0n) is 40.2. The summed E-state index contributed by atoms with van der Waals surface area (Å²) in [5.74, 6) is -0.0269. The Balaban J connectivity index is 0.000000910. The summed E-state index contributed by atoms with van der Waals surface area (Å²) < 4.78 is 64.1. The minimum absolute atomic E-state index is 0.0269. The maximum atomic E-state index is 12.2. The number of aliphatic hydroxyl groups is 4. The van der Waals surface area contributed by atoms with E-state index in [2.05, 4.69) is 95.3 Å². The van der Waals surface area contributed by atoms with Gasteiger partial charge in [0, 0.05) is 18.5 Å². The van der Waals surface area contributed by atoms with Gasteiger partial charge >= 0.3 is 11.4 Å². The lowest BCUT2D eigenvalue weighted by molar-refractivity contribution is -0.894. The SMILES string of the molecule is CC[NH+](CC)CC.CC[NH+](CC)CC.CC[NH+](CC)CC.CONc1ccn([C@@H]2O[C@H](COP(=O)([O-])OP(=O)([O-])OP(=O)([O-])OC[C@@H]3O[C@H](n4ccc(=O)[nH]c4=O)[C@@H](O)[C@H]3O)[C@@H](O)[C@H]2O)c(=O)n1. The molecule has 31 heteroatoms. The molecule has 0 aromatic carbocycles. The third-order valence-electron chi connectivity index (χ3n) is 10.8. The second-order valence-corrected chi connectivity index (χ2v) is 19.5. The Morgan fingerprint density at radius 3 is 1.32 bits per heavy atom. The Morgan fingerprint density at radius 2 is 1.00 bits per heavy atom. The van der Waals surface area contributed by atoms with Crippen LogP contribution in [-0.4, -0.2) is 155 Å². The van der Waals surface area contributed by atoms with Gasteiger partial charge in [0.05, 0.1) is 79.2 Å². The van der Waals surface area contributed by atoms with Crippen molar-refractivity contribution in [2.75, 3.05) is 84.7 Å². The van der Waals surface area contributed by atoms with E-state index in [1.807, 2.05) is 4.98 Å². The maximum absolute atomic E-state index is 12.2. The van der Waals surface area contributed by atoms with E-state index in [4.69, 9.17) is 9.47 Å². The molecule has 28 nitrogen and oxygen atoms in total. The minimum atomic E-state index is -6.37. The monoisotopic (exact) mass is 1040 g/mol. The average molecular weight is 1040 g/mol. The molecule has 3 unspecified atom stereocenters. The second-order valence-electron chi connectivity index (χ2n) is 14.9. The minimum Gasteiger partial charge on any atom is -0.756 e. The number of nitrogens with one attached hydrogen (secondary N) is 5. The van der Waals surface area contributed by atoms with Crippen LogP contribution >= 0.6 is 23.5 Å². The summed E-state index contributed by atoms with van der Waals surface area (Å²) in [4.78, 5) is 86.8. The largest absolute Gasteiger partial charge is 0.756 e. The van der Waals surface area contributed by atoms with Gasteiger partial charge < -0.3 is 68.3 Å². The summed E-state index contributed by atoms with van der Waals surface area (Å²) in [5.41, 5.74) is -0.585. The number of aromatic amines is 1. The Kier molecular flexibility index (Phi) is 28.9. The summed E-state index contributed by atoms with van der Waals surface area (Å²) in [6, 6.07) is 2.10. The van der Waals surface area contributed by atoms with Crippen molar-refractivity contribution >= 4 is 29.3 Å². The van der Waals surface area contributed by atoms with Gasteiger partial charge in [0.15, 0.2) is 18.3 Å². The van der Waals surface area contributed by atoms with Gasteiger partial charge in [-0.2, -0.15) is 4.98 Å². The molecule has 0 spiro atoms. The predicted molar refractivity (Wildman–Crippen MR) is 237 cm³/mol. The fourth-order valence-electron chi connectivity index (χ4n) is 6.48. The molecule has 2 fully saturated rings. The molecular weight excluding hydrogens is 969 g/mol. The Labute approximate surface area is 395 Å². The Bertz CT molecular complexity index is 2030. The summed E-state index contributed by atoms with van der Waals surface area (Å²) in [6.45, 7) is 29.0. The van der Waals surface area contributed by atoms with Crippen molar-refractivity contribution in [3.05, 3.63) is 55.8 Å². The van der Waals surface area contributed by atoms with Gasteiger partial charge in [0.25, 0.3) is 29.0 Å². The number of hydrogen-bond acceptors (Lipinski definition) is 22. The summed E-state index contributed by atoms with van der Waals surface area (Å²) >= 11 is 0. The van der Waals surface area contributed by atoms with E-state index < -0.39 is 103 Å². The van der Waals surface area contributed by atoms with E-state index in [-0.39, 0.29) is 5.82 Å². The van der Waals surface area contributed by atoms with Crippen LogP contribution in [0.4, 0.5) is 5.82 Å². The van der Waals surface area contributed by atoms with Crippen molar-refractivity contribution in [2.45, 2.75) is 111 Å². The molecule has 2 aliphatic rings. The number of H-pyrrole nitrogens is 1. The number of aliphatic hydroxyl groups excluding tert-OH is 4. The first-order chi connectivity index (χ1) is 31.9. The fraction of sp³-hybridized carbons (Fsp3) is 0.784. The molecule has 4 rings (SSSR count). The highest BCUT2D eigenvalue weighted by Gasteiger charge is 2.46. The molecule has 2 saturated heterocycles. The standard InChI is InChI=1S/C19H28N5O20P3.3C6H15N/c1-38-22-10-2-4-23(18(30)20-10)16-14(28)12(26)8(41-16)6-39-45(32,33)43-47(36,37)44-46(34,35)40-7-9-13(27)15(29)17(42-9)24-5-3-11(25)21-19(24)31;3*1-4-7(5-2)6-3/h2-5,8-9,12-17,26-29H,6-7H2,1H3,(H,32,33)(H,34,35)(H,36,37)(H,20,22,30)(H,21,25,31);3*4-6H2,1-3H3/t8-,9+,12-,13+,14-,15+,16-,17+;;;/m1.../s1. The van der Waals surface area contributed by atoms with Gasteiger partial charge in [-0.1, -0.05) is 0 Å². The van der Waals surface area contributed by atoms with Crippen molar-refractivity contribution in [3.8, 4) is 0 Å². The van der Waals surface area contributed by atoms with Crippen molar-refractivity contribution in [1.29, 1.82) is 0 Å². The van der Waals surface area contributed by atoms with Crippen LogP contribution in [0.1, 0.15) is 74.8 Å². The summed E-state index contributed by atoms with van der Waals surface area (Å²) in [6.07, 6.45) is -12.3. The number of aromatic nitrogens is 4. The summed E-state index contributed by atoms with van der Waals surface area (Å²) in [7, 11) is -17.2. The molecule has 2 aromatic heterocycles. The number of quaternary nitrogens is 3. The van der Waals surface area contributed by atoms with Crippen LogP contribution in [-0.2, 0) is 45.7 Å². The molecule has 2 aromatic rings. The molecule has 2 aliphatic heterocycles. The van der Waals surface area contributed by atoms with Crippen LogP contribution in [0.5, 0.6) is 0 Å². The van der Waals surface area contributed by atoms with Gasteiger partial charge in [0.2, 0.25) is 0 Å². The normalized spacial score (nSPS) is 25.0. The zero-order chi connectivity index (χ0) is 52.0. The summed E-state index contributed by atoms with van der Waals surface area (Å²) in [5, 5.41) is 40.8. The molecule has 0 saturated carbocycles. The van der Waals surface area contributed by atoms with Crippen molar-refractivity contribution in [3.63, 3.8) is 0 Å². The van der Waals surface area contributed by atoms with E-state index in [9.17, 15) is 63.2 Å². The number of anilines is 1. The van der Waals surface area contributed by atoms with Gasteiger partial charge in [-0.15, -0.1) is 0 Å². The number of nitrogens with zero attached hydrogens (tertiary/aromatic N) is 3. The average Bonchev–Trinajstić information content (AvgIpc) is 3.72. The van der Waals surface area contributed by atoms with E-state index in [1.165, 1.54) is 72.1 Å². The first-order valence-corrected chi connectivity index (χ1v) is 26.6. The second kappa shape index (κ2) is 31.0. The van der Waals surface area contributed by atoms with E-state index in [1.54, 1.807) is 14.7 Å². The first-order valence-electron chi connectivity index (χ1n) is 22.3. The van der Waals surface area contributed by atoms with Crippen molar-refractivity contribution in [2.24, 2.45) is 0 Å². The smallest absolute Gasteiger partial charge is 0.351 e. The number of phosphoric acid groups is 3. The van der Waals surface area contributed by atoms with Gasteiger partial charge in [0.1, 0.15) is 36.6 Å². The quantitative estimate of drug-likeness (QED) is 0.0370. The molecular formula is C37H73N8O20P3. The number of phosphoric ester groups is 2. The lowest BCUT2D eigenvalue weighted by Gasteiger charge is -2.34. The highest BCUT2D eigenvalue weighted by atomic mass is 31.3. The third kappa shape index (κ3) is 21.0. The van der Waals surface area contributed by atoms with Crippen LogP contribution in [0, 0.1) is 0 Å². The molecule has 0 aliphatic carbocycles. The molecule has 9 N–H and O–H groups in total. The molecule has 0 amide bonds. The number of ether oxygens (including phenoxy) is 2. The number of hydrogen-bond donors (Lipinski definition) is 9. The Morgan fingerprint density at radius 1 is 0.632 bits per heavy atom. The third-order valence-corrected chi connectivity index (χ3v) is 14.9. The molecule has 0 radical (unpaired) electrons. The molecule has 0 bridgehead atoms. The molecule has 68 heavy (non-hydrogen) atoms.